The van der Waals surface area contributed by atoms with Crippen LogP contribution in [0.4, 0.5) is 0 Å². The number of phenolic OH excluding ortho intramolecular Hbond substituents is 2. The lowest BCUT2D eigenvalue weighted by molar-refractivity contribution is 0.0909. The van der Waals surface area contributed by atoms with Crippen molar-refractivity contribution in [2.45, 2.75) is 19.4 Å². The molecule has 0 aliphatic carbocycles. The highest BCUT2D eigenvalue weighted by molar-refractivity contribution is 5.99. The minimum Gasteiger partial charge on any atom is -0.507 e. The molecule has 0 aromatic heterocycles. The molecule has 5 nitrogen and oxygen atoms in total. The second kappa shape index (κ2) is 5.37. The number of aromatic hydroxyl groups is 2. The molecule has 0 heterocycles. The first-order chi connectivity index (χ1) is 7.60. The quantitative estimate of drug-likeness (QED) is 0.604. The molecular weight excluding hydrogens is 210 g/mol. The molecule has 0 saturated carbocycles. The summed E-state index contributed by atoms with van der Waals surface area (Å²) in [6.45, 7) is 1.63. The Morgan fingerprint density at radius 3 is 2.38 bits per heavy atom. The molecule has 5 heteroatoms. The molecule has 0 radical (unpaired) electrons. The van der Waals surface area contributed by atoms with Crippen LogP contribution in [-0.4, -0.2) is 33.9 Å². The van der Waals surface area contributed by atoms with E-state index < -0.39 is 5.91 Å². The maximum atomic E-state index is 11.7. The Balaban J connectivity index is 2.88. The second-order valence-electron chi connectivity index (χ2n) is 3.43. The summed E-state index contributed by atoms with van der Waals surface area (Å²) in [5.74, 6) is -1.17. The first kappa shape index (κ1) is 12.3. The molecule has 1 amide bonds. The third-order valence-corrected chi connectivity index (χ3v) is 2.30. The number of aliphatic hydroxyl groups is 1. The van der Waals surface area contributed by atoms with Crippen LogP contribution in [0.25, 0.3) is 0 Å². The molecule has 0 bridgehead atoms. The number of nitrogens with one attached hydrogen (secondary N) is 1. The molecule has 0 saturated heterocycles. The number of carbonyl (C=O) groups is 1. The number of hydrogen-bond donors (Lipinski definition) is 4. The van der Waals surface area contributed by atoms with E-state index in [1.807, 2.05) is 6.92 Å². The average molecular weight is 225 g/mol. The lowest BCUT2D eigenvalue weighted by atomic mass is 10.1. The van der Waals surface area contributed by atoms with Crippen molar-refractivity contribution < 1.29 is 20.1 Å². The van der Waals surface area contributed by atoms with Crippen LogP contribution in [0, 0.1) is 0 Å². The summed E-state index contributed by atoms with van der Waals surface area (Å²) in [7, 11) is 0. The summed E-state index contributed by atoms with van der Waals surface area (Å²) in [5, 5.41) is 30.3. The van der Waals surface area contributed by atoms with Crippen molar-refractivity contribution in [1.29, 1.82) is 0 Å². The summed E-state index contributed by atoms with van der Waals surface area (Å²) in [6.07, 6.45) is 0.566. The maximum absolute atomic E-state index is 11.7. The maximum Gasteiger partial charge on any atom is 0.259 e. The minimum absolute atomic E-state index is 0.172. The van der Waals surface area contributed by atoms with Crippen molar-refractivity contribution in [2.24, 2.45) is 0 Å². The number of amides is 1. The summed E-state index contributed by atoms with van der Waals surface area (Å²) < 4.78 is 0. The Morgan fingerprint density at radius 2 is 1.94 bits per heavy atom. The van der Waals surface area contributed by atoms with Crippen molar-refractivity contribution in [3.8, 4) is 11.5 Å². The van der Waals surface area contributed by atoms with Gasteiger partial charge in [0, 0.05) is 0 Å². The number of rotatable bonds is 4. The van der Waals surface area contributed by atoms with E-state index in [1.54, 1.807) is 0 Å². The summed E-state index contributed by atoms with van der Waals surface area (Å²) in [4.78, 5) is 11.7. The molecule has 1 rings (SSSR count). The van der Waals surface area contributed by atoms with Crippen LogP contribution in [0.1, 0.15) is 23.7 Å². The number of carbonyl (C=O) groups excluding carboxylic acids is 1. The van der Waals surface area contributed by atoms with Crippen LogP contribution in [0.2, 0.25) is 0 Å². The molecule has 88 valence electrons. The molecule has 1 aromatic carbocycles. The van der Waals surface area contributed by atoms with Crippen molar-refractivity contribution >= 4 is 5.91 Å². The van der Waals surface area contributed by atoms with Crippen LogP contribution in [0.5, 0.6) is 11.5 Å². The van der Waals surface area contributed by atoms with E-state index in [0.29, 0.717) is 6.42 Å². The summed E-state index contributed by atoms with van der Waals surface area (Å²) in [5.41, 5.74) is -0.172. The first-order valence-electron chi connectivity index (χ1n) is 5.02. The highest BCUT2D eigenvalue weighted by atomic mass is 16.3. The van der Waals surface area contributed by atoms with Gasteiger partial charge < -0.3 is 20.6 Å². The standard InChI is InChI=1S/C11H15NO4/c1-2-7(6-13)12-11(16)10-8(14)4-3-5-9(10)15/h3-5,7,13-15H,2,6H2,1H3,(H,12,16)/t7-/m1/s1. The zero-order chi connectivity index (χ0) is 12.1. The van der Waals surface area contributed by atoms with Gasteiger partial charge in [0.05, 0.1) is 12.6 Å². The van der Waals surface area contributed by atoms with Gasteiger partial charge in [-0.3, -0.25) is 4.79 Å². The van der Waals surface area contributed by atoms with Crippen molar-refractivity contribution in [3.05, 3.63) is 23.8 Å². The minimum atomic E-state index is -0.600. The molecule has 4 N–H and O–H groups in total. The lowest BCUT2D eigenvalue weighted by Crippen LogP contribution is -2.36. The van der Waals surface area contributed by atoms with Gasteiger partial charge in [-0.15, -0.1) is 0 Å². The third kappa shape index (κ3) is 2.64. The molecule has 1 aromatic rings. The van der Waals surface area contributed by atoms with E-state index in [1.165, 1.54) is 18.2 Å². The van der Waals surface area contributed by atoms with Gasteiger partial charge in [0.15, 0.2) is 0 Å². The average Bonchev–Trinajstić information content (AvgIpc) is 2.25. The Hall–Kier alpha value is -1.75. The zero-order valence-electron chi connectivity index (χ0n) is 8.97. The van der Waals surface area contributed by atoms with Crippen LogP contribution in [-0.2, 0) is 0 Å². The van der Waals surface area contributed by atoms with E-state index in [2.05, 4.69) is 5.32 Å². The van der Waals surface area contributed by atoms with Crippen LogP contribution >= 0.6 is 0 Å². The van der Waals surface area contributed by atoms with Gasteiger partial charge >= 0.3 is 0 Å². The fourth-order valence-electron chi connectivity index (χ4n) is 1.30. The Bertz CT molecular complexity index is 354. The van der Waals surface area contributed by atoms with Crippen molar-refractivity contribution in [3.63, 3.8) is 0 Å². The molecule has 0 fully saturated rings. The van der Waals surface area contributed by atoms with E-state index in [9.17, 15) is 15.0 Å². The van der Waals surface area contributed by atoms with Gasteiger partial charge in [0.25, 0.3) is 5.91 Å². The second-order valence-corrected chi connectivity index (χ2v) is 3.43. The predicted molar refractivity (Wildman–Crippen MR) is 58.4 cm³/mol. The fourth-order valence-corrected chi connectivity index (χ4v) is 1.30. The normalized spacial score (nSPS) is 12.1. The zero-order valence-corrected chi connectivity index (χ0v) is 8.97. The number of aliphatic hydroxyl groups excluding tert-OH is 1. The number of hydrogen-bond acceptors (Lipinski definition) is 4. The predicted octanol–water partition coefficient (Wildman–Crippen LogP) is 0.599. The molecule has 0 aliphatic rings. The highest BCUT2D eigenvalue weighted by Crippen LogP contribution is 2.25. The third-order valence-electron chi connectivity index (χ3n) is 2.30. The highest BCUT2D eigenvalue weighted by Gasteiger charge is 2.18. The van der Waals surface area contributed by atoms with Crippen LogP contribution in [0.3, 0.4) is 0 Å². The Kier molecular flexibility index (Phi) is 4.13. The van der Waals surface area contributed by atoms with E-state index >= 15 is 0 Å². The van der Waals surface area contributed by atoms with Gasteiger partial charge in [-0.1, -0.05) is 13.0 Å². The molecule has 16 heavy (non-hydrogen) atoms. The van der Waals surface area contributed by atoms with Gasteiger partial charge in [0.1, 0.15) is 17.1 Å². The van der Waals surface area contributed by atoms with E-state index in [-0.39, 0.29) is 29.7 Å². The summed E-state index contributed by atoms with van der Waals surface area (Å²) >= 11 is 0. The first-order valence-corrected chi connectivity index (χ1v) is 5.02. The van der Waals surface area contributed by atoms with Gasteiger partial charge in [-0.05, 0) is 18.6 Å². The molecule has 1 atom stereocenters. The molecule has 0 unspecified atom stereocenters. The number of phenols is 2. The van der Waals surface area contributed by atoms with Crippen LogP contribution in [0.15, 0.2) is 18.2 Å². The van der Waals surface area contributed by atoms with E-state index in [0.717, 1.165) is 0 Å². The Morgan fingerprint density at radius 1 is 1.38 bits per heavy atom. The molecular formula is C11H15NO4. The SMILES string of the molecule is CC[C@H](CO)NC(=O)c1c(O)cccc1O. The fraction of sp³-hybridized carbons (Fsp3) is 0.364. The van der Waals surface area contributed by atoms with Gasteiger partial charge in [-0.25, -0.2) is 0 Å². The monoisotopic (exact) mass is 225 g/mol. The smallest absolute Gasteiger partial charge is 0.259 e. The largest absolute Gasteiger partial charge is 0.507 e. The number of benzene rings is 1. The van der Waals surface area contributed by atoms with Gasteiger partial charge in [0.2, 0.25) is 0 Å². The lowest BCUT2D eigenvalue weighted by Gasteiger charge is -2.15. The molecule has 0 aliphatic heterocycles. The Labute approximate surface area is 93.4 Å². The van der Waals surface area contributed by atoms with Gasteiger partial charge in [-0.2, -0.15) is 0 Å². The topological polar surface area (TPSA) is 89.8 Å². The molecule has 0 spiro atoms. The van der Waals surface area contributed by atoms with Crippen molar-refractivity contribution in [1.82, 2.24) is 5.32 Å². The summed E-state index contributed by atoms with van der Waals surface area (Å²) in [6, 6.07) is 3.68. The van der Waals surface area contributed by atoms with Crippen molar-refractivity contribution in [2.75, 3.05) is 6.61 Å². The van der Waals surface area contributed by atoms with E-state index in [4.69, 9.17) is 5.11 Å². The van der Waals surface area contributed by atoms with Crippen LogP contribution < -0.4 is 5.32 Å².